The largest absolute Gasteiger partial charge is 0.430 e. The summed E-state index contributed by atoms with van der Waals surface area (Å²) in [5.41, 5.74) is 0. The molecule has 0 rings (SSSR count). The van der Waals surface area contributed by atoms with Gasteiger partial charge in [0, 0.05) is 6.42 Å². The minimum atomic E-state index is -0.296. The van der Waals surface area contributed by atoms with Crippen LogP contribution in [0.15, 0.2) is 0 Å². The number of unbranched alkanes of at least 4 members (excludes halogenated alkanes) is 6. The highest BCUT2D eigenvalue weighted by Gasteiger charge is 2.01. The molecule has 0 saturated heterocycles. The molecule has 0 aromatic rings. The molecule has 0 aliphatic carbocycles. The second-order valence-corrected chi connectivity index (χ2v) is 3.77. The van der Waals surface area contributed by atoms with E-state index in [0.29, 0.717) is 6.42 Å². The average molecular weight is 230 g/mol. The fraction of sp³-hybridized carbons (Fsp3) is 0.833. The summed E-state index contributed by atoms with van der Waals surface area (Å²) in [5, 5.41) is 0. The standard InChI is InChI=1S/C12H22O4/c1-2-3-4-5-6-7-8-9-12(14)16-11-15-10-13/h10H,2-9,11H2,1H3. The van der Waals surface area contributed by atoms with Crippen LogP contribution in [0.25, 0.3) is 0 Å². The highest BCUT2D eigenvalue weighted by Crippen LogP contribution is 2.08. The van der Waals surface area contributed by atoms with Crippen molar-refractivity contribution >= 4 is 12.4 Å². The lowest BCUT2D eigenvalue weighted by atomic mass is 10.1. The Kier molecular flexibility index (Phi) is 11.2. The van der Waals surface area contributed by atoms with Gasteiger partial charge in [0.1, 0.15) is 0 Å². The van der Waals surface area contributed by atoms with Crippen LogP contribution in [0.4, 0.5) is 0 Å². The van der Waals surface area contributed by atoms with Crippen LogP contribution < -0.4 is 0 Å². The quantitative estimate of drug-likeness (QED) is 0.237. The Labute approximate surface area is 97.3 Å². The molecule has 4 heteroatoms. The molecule has 0 amide bonds. The van der Waals surface area contributed by atoms with Crippen molar-refractivity contribution < 1.29 is 19.1 Å². The van der Waals surface area contributed by atoms with E-state index in [1.165, 1.54) is 32.1 Å². The summed E-state index contributed by atoms with van der Waals surface area (Å²) in [7, 11) is 0. The number of carbonyl (C=O) groups excluding carboxylic acids is 2. The first-order chi connectivity index (χ1) is 7.81. The van der Waals surface area contributed by atoms with Crippen LogP contribution in [0.1, 0.15) is 58.3 Å². The van der Waals surface area contributed by atoms with Gasteiger partial charge in [-0.2, -0.15) is 0 Å². The zero-order valence-corrected chi connectivity index (χ0v) is 10.1. The van der Waals surface area contributed by atoms with Crippen molar-refractivity contribution in [2.45, 2.75) is 58.3 Å². The second kappa shape index (κ2) is 12.0. The molecule has 0 aliphatic rings. The summed E-state index contributed by atoms with van der Waals surface area (Å²) in [6.45, 7) is 2.19. The van der Waals surface area contributed by atoms with Crippen LogP contribution in [-0.2, 0) is 19.1 Å². The van der Waals surface area contributed by atoms with Gasteiger partial charge in [-0.15, -0.1) is 0 Å². The SMILES string of the molecule is CCCCCCCCCC(=O)OCOC=O. The highest BCUT2D eigenvalue weighted by atomic mass is 16.7. The maximum atomic E-state index is 11.0. The van der Waals surface area contributed by atoms with Crippen molar-refractivity contribution in [2.75, 3.05) is 6.79 Å². The van der Waals surface area contributed by atoms with Gasteiger partial charge in [-0.05, 0) is 6.42 Å². The van der Waals surface area contributed by atoms with Gasteiger partial charge in [0.05, 0.1) is 0 Å². The van der Waals surface area contributed by atoms with Crippen LogP contribution in [0.5, 0.6) is 0 Å². The summed E-state index contributed by atoms with van der Waals surface area (Å²) in [6.07, 6.45) is 8.59. The summed E-state index contributed by atoms with van der Waals surface area (Å²) in [4.78, 5) is 20.8. The number of hydrogen-bond donors (Lipinski definition) is 0. The minimum absolute atomic E-state index is 0.265. The molecule has 0 saturated carbocycles. The summed E-state index contributed by atoms with van der Waals surface area (Å²) >= 11 is 0. The molecule has 0 atom stereocenters. The topological polar surface area (TPSA) is 52.6 Å². The van der Waals surface area contributed by atoms with Gasteiger partial charge in [0.25, 0.3) is 6.47 Å². The van der Waals surface area contributed by atoms with Crippen molar-refractivity contribution in [3.05, 3.63) is 0 Å². The summed E-state index contributed by atoms with van der Waals surface area (Å²) in [6, 6.07) is 0. The van der Waals surface area contributed by atoms with E-state index in [1.807, 2.05) is 0 Å². The van der Waals surface area contributed by atoms with E-state index in [-0.39, 0.29) is 19.2 Å². The lowest BCUT2D eigenvalue weighted by Gasteiger charge is -2.03. The van der Waals surface area contributed by atoms with Gasteiger partial charge in [0.2, 0.25) is 6.79 Å². The molecule has 0 spiro atoms. The Balaban J connectivity index is 3.12. The fourth-order valence-electron chi connectivity index (χ4n) is 1.43. The Bertz CT molecular complexity index is 180. The van der Waals surface area contributed by atoms with E-state index in [1.54, 1.807) is 0 Å². The maximum Gasteiger partial charge on any atom is 0.308 e. The monoisotopic (exact) mass is 230 g/mol. The van der Waals surface area contributed by atoms with Gasteiger partial charge >= 0.3 is 5.97 Å². The zero-order chi connectivity index (χ0) is 12.1. The van der Waals surface area contributed by atoms with Crippen LogP contribution in [0, 0.1) is 0 Å². The van der Waals surface area contributed by atoms with E-state index < -0.39 is 0 Å². The van der Waals surface area contributed by atoms with Crippen LogP contribution in [0.3, 0.4) is 0 Å². The molecule has 0 aliphatic heterocycles. The predicted octanol–water partition coefficient (Wildman–Crippen LogP) is 2.80. The molecule has 0 heterocycles. The molecule has 0 aromatic carbocycles. The Morgan fingerprint density at radius 1 is 1.06 bits per heavy atom. The lowest BCUT2D eigenvalue weighted by molar-refractivity contribution is -0.160. The molecule has 0 N–H and O–H groups in total. The Hall–Kier alpha value is -1.06. The molecule has 4 nitrogen and oxygen atoms in total. The molecule has 16 heavy (non-hydrogen) atoms. The fourth-order valence-corrected chi connectivity index (χ4v) is 1.43. The zero-order valence-electron chi connectivity index (χ0n) is 10.1. The van der Waals surface area contributed by atoms with Gasteiger partial charge in [0.15, 0.2) is 0 Å². The van der Waals surface area contributed by atoms with Crippen molar-refractivity contribution in [2.24, 2.45) is 0 Å². The third kappa shape index (κ3) is 11.0. The van der Waals surface area contributed by atoms with E-state index in [0.717, 1.165) is 12.8 Å². The Morgan fingerprint density at radius 2 is 1.69 bits per heavy atom. The predicted molar refractivity (Wildman–Crippen MR) is 60.7 cm³/mol. The molecular formula is C12H22O4. The molecule has 0 fully saturated rings. The average Bonchev–Trinajstić information content (AvgIpc) is 2.28. The van der Waals surface area contributed by atoms with E-state index in [4.69, 9.17) is 0 Å². The van der Waals surface area contributed by atoms with Crippen LogP contribution in [-0.4, -0.2) is 19.2 Å². The van der Waals surface area contributed by atoms with E-state index in [9.17, 15) is 9.59 Å². The number of esters is 1. The van der Waals surface area contributed by atoms with Gasteiger partial charge in [-0.3, -0.25) is 9.59 Å². The second-order valence-electron chi connectivity index (χ2n) is 3.77. The smallest absolute Gasteiger partial charge is 0.308 e. The lowest BCUT2D eigenvalue weighted by Crippen LogP contribution is -2.07. The third-order valence-electron chi connectivity index (χ3n) is 2.34. The van der Waals surface area contributed by atoms with Crippen LogP contribution >= 0.6 is 0 Å². The number of rotatable bonds is 11. The first-order valence-corrected chi connectivity index (χ1v) is 6.02. The minimum Gasteiger partial charge on any atom is -0.430 e. The van der Waals surface area contributed by atoms with Crippen molar-refractivity contribution in [3.8, 4) is 0 Å². The third-order valence-corrected chi connectivity index (χ3v) is 2.34. The molecular weight excluding hydrogens is 208 g/mol. The van der Waals surface area contributed by atoms with E-state index in [2.05, 4.69) is 16.4 Å². The molecule has 0 radical (unpaired) electrons. The van der Waals surface area contributed by atoms with Crippen LogP contribution in [0.2, 0.25) is 0 Å². The Morgan fingerprint density at radius 3 is 2.31 bits per heavy atom. The van der Waals surface area contributed by atoms with E-state index >= 15 is 0 Å². The molecule has 0 aromatic heterocycles. The van der Waals surface area contributed by atoms with Gasteiger partial charge in [-0.1, -0.05) is 45.4 Å². The maximum absolute atomic E-state index is 11.0. The first-order valence-electron chi connectivity index (χ1n) is 6.02. The molecule has 94 valence electrons. The van der Waals surface area contributed by atoms with Gasteiger partial charge < -0.3 is 9.47 Å². The molecule has 0 bridgehead atoms. The first kappa shape index (κ1) is 14.9. The summed E-state index contributed by atoms with van der Waals surface area (Å²) < 4.78 is 8.89. The van der Waals surface area contributed by atoms with Crippen molar-refractivity contribution in [1.82, 2.24) is 0 Å². The molecule has 0 unspecified atom stereocenters. The number of hydrogen-bond acceptors (Lipinski definition) is 4. The number of ether oxygens (including phenoxy) is 2. The van der Waals surface area contributed by atoms with Gasteiger partial charge in [-0.25, -0.2) is 0 Å². The normalized spacial score (nSPS) is 9.81. The number of carbonyl (C=O) groups is 2. The van der Waals surface area contributed by atoms with Crippen molar-refractivity contribution in [1.29, 1.82) is 0 Å². The highest BCUT2D eigenvalue weighted by molar-refractivity contribution is 5.69. The summed E-state index contributed by atoms with van der Waals surface area (Å²) in [5.74, 6) is -0.296. The van der Waals surface area contributed by atoms with Crippen molar-refractivity contribution in [3.63, 3.8) is 0 Å².